The normalized spacial score (nSPS) is 18.7. The van der Waals surface area contributed by atoms with Gasteiger partial charge < -0.3 is 14.6 Å². The molecule has 0 radical (unpaired) electrons. The van der Waals surface area contributed by atoms with Crippen molar-refractivity contribution in [3.05, 3.63) is 36.2 Å². The Morgan fingerprint density at radius 3 is 2.89 bits per heavy atom. The third kappa shape index (κ3) is 2.63. The minimum absolute atomic E-state index is 0.657. The maximum atomic E-state index is 5.43. The van der Waals surface area contributed by atoms with E-state index in [9.17, 15) is 0 Å². The SMILES string of the molecule is COc1ccc(-c2cnoc2CC2CCNC2)cc1. The van der Waals surface area contributed by atoms with Gasteiger partial charge in [-0.2, -0.15) is 0 Å². The average Bonchev–Trinajstić information content (AvgIpc) is 3.11. The molecular formula is C15H18N2O2. The van der Waals surface area contributed by atoms with Crippen LogP contribution in [-0.4, -0.2) is 25.4 Å². The number of benzene rings is 1. The van der Waals surface area contributed by atoms with Crippen molar-refractivity contribution in [1.82, 2.24) is 10.5 Å². The molecule has 4 heteroatoms. The van der Waals surface area contributed by atoms with Gasteiger partial charge in [-0.25, -0.2) is 0 Å². The van der Waals surface area contributed by atoms with E-state index in [4.69, 9.17) is 9.26 Å². The second-order valence-corrected chi connectivity index (χ2v) is 4.95. The van der Waals surface area contributed by atoms with Gasteiger partial charge in [-0.05, 0) is 43.1 Å². The monoisotopic (exact) mass is 258 g/mol. The van der Waals surface area contributed by atoms with E-state index in [2.05, 4.69) is 10.5 Å². The van der Waals surface area contributed by atoms with Gasteiger partial charge >= 0.3 is 0 Å². The van der Waals surface area contributed by atoms with Gasteiger partial charge in [0.2, 0.25) is 0 Å². The van der Waals surface area contributed by atoms with Crippen LogP contribution in [0.2, 0.25) is 0 Å². The summed E-state index contributed by atoms with van der Waals surface area (Å²) in [7, 11) is 1.67. The molecule has 1 unspecified atom stereocenters. The van der Waals surface area contributed by atoms with Crippen LogP contribution in [0.1, 0.15) is 12.2 Å². The van der Waals surface area contributed by atoms with Crippen molar-refractivity contribution < 1.29 is 9.26 Å². The van der Waals surface area contributed by atoms with E-state index in [1.807, 2.05) is 24.3 Å². The second kappa shape index (κ2) is 5.45. The van der Waals surface area contributed by atoms with Gasteiger partial charge in [0.1, 0.15) is 11.5 Å². The standard InChI is InChI=1S/C15H18N2O2/c1-18-13-4-2-12(3-5-13)14-10-17-19-15(14)8-11-6-7-16-9-11/h2-5,10-11,16H,6-9H2,1H3. The molecule has 1 aromatic heterocycles. The number of nitrogens with zero attached hydrogens (tertiary/aromatic N) is 1. The van der Waals surface area contributed by atoms with Crippen molar-refractivity contribution in [1.29, 1.82) is 0 Å². The van der Waals surface area contributed by atoms with Gasteiger partial charge in [0.25, 0.3) is 0 Å². The average molecular weight is 258 g/mol. The first-order valence-electron chi connectivity index (χ1n) is 6.65. The molecule has 19 heavy (non-hydrogen) atoms. The number of hydrogen-bond acceptors (Lipinski definition) is 4. The summed E-state index contributed by atoms with van der Waals surface area (Å²) in [6.45, 7) is 2.18. The summed E-state index contributed by atoms with van der Waals surface area (Å²) in [5.74, 6) is 2.51. The van der Waals surface area contributed by atoms with Gasteiger partial charge in [0.05, 0.1) is 13.3 Å². The van der Waals surface area contributed by atoms with Crippen LogP contribution >= 0.6 is 0 Å². The number of methoxy groups -OCH3 is 1. The van der Waals surface area contributed by atoms with Gasteiger partial charge in [-0.3, -0.25) is 0 Å². The predicted octanol–water partition coefficient (Wildman–Crippen LogP) is 2.50. The van der Waals surface area contributed by atoms with Crippen LogP contribution in [0.15, 0.2) is 35.0 Å². The first-order chi connectivity index (χ1) is 9.36. The Balaban J connectivity index is 1.81. The summed E-state index contributed by atoms with van der Waals surface area (Å²) in [5.41, 5.74) is 2.22. The molecule has 1 saturated heterocycles. The van der Waals surface area contributed by atoms with Crippen molar-refractivity contribution in [2.45, 2.75) is 12.8 Å². The maximum absolute atomic E-state index is 5.43. The summed E-state index contributed by atoms with van der Waals surface area (Å²) in [5, 5.41) is 7.34. The van der Waals surface area contributed by atoms with Gasteiger partial charge in [-0.1, -0.05) is 17.3 Å². The highest BCUT2D eigenvalue weighted by molar-refractivity contribution is 5.65. The molecule has 1 N–H and O–H groups in total. The maximum Gasteiger partial charge on any atom is 0.144 e. The molecule has 1 aliphatic rings. The van der Waals surface area contributed by atoms with E-state index < -0.39 is 0 Å². The van der Waals surface area contributed by atoms with Crippen LogP contribution in [-0.2, 0) is 6.42 Å². The molecule has 0 amide bonds. The van der Waals surface area contributed by atoms with Crippen molar-refractivity contribution in [3.8, 4) is 16.9 Å². The van der Waals surface area contributed by atoms with Gasteiger partial charge in [-0.15, -0.1) is 0 Å². The van der Waals surface area contributed by atoms with E-state index in [0.717, 1.165) is 42.1 Å². The van der Waals surface area contributed by atoms with Gasteiger partial charge in [0, 0.05) is 12.0 Å². The molecule has 0 aliphatic carbocycles. The molecule has 4 nitrogen and oxygen atoms in total. The number of aromatic nitrogens is 1. The second-order valence-electron chi connectivity index (χ2n) is 4.95. The minimum atomic E-state index is 0.657. The zero-order valence-electron chi connectivity index (χ0n) is 11.1. The number of hydrogen-bond donors (Lipinski definition) is 1. The Kier molecular flexibility index (Phi) is 3.51. The first kappa shape index (κ1) is 12.2. The zero-order chi connectivity index (χ0) is 13.1. The van der Waals surface area contributed by atoms with Crippen LogP contribution in [0.25, 0.3) is 11.1 Å². The highest BCUT2D eigenvalue weighted by Crippen LogP contribution is 2.28. The molecule has 3 rings (SSSR count). The van der Waals surface area contributed by atoms with Crippen LogP contribution in [0.3, 0.4) is 0 Å². The van der Waals surface area contributed by atoms with Crippen LogP contribution in [0.5, 0.6) is 5.75 Å². The van der Waals surface area contributed by atoms with E-state index in [1.54, 1.807) is 13.3 Å². The van der Waals surface area contributed by atoms with Crippen LogP contribution in [0, 0.1) is 5.92 Å². The molecule has 100 valence electrons. The van der Waals surface area contributed by atoms with Crippen LogP contribution < -0.4 is 10.1 Å². The summed E-state index contributed by atoms with van der Waals surface area (Å²) < 4.78 is 10.6. The third-order valence-electron chi connectivity index (χ3n) is 3.68. The number of nitrogens with one attached hydrogen (secondary N) is 1. The molecule has 1 atom stereocenters. The smallest absolute Gasteiger partial charge is 0.144 e. The van der Waals surface area contributed by atoms with E-state index in [0.29, 0.717) is 5.92 Å². The predicted molar refractivity (Wildman–Crippen MR) is 73.2 cm³/mol. The lowest BCUT2D eigenvalue weighted by Crippen LogP contribution is -2.10. The summed E-state index contributed by atoms with van der Waals surface area (Å²) in [6.07, 6.45) is 3.97. The van der Waals surface area contributed by atoms with E-state index in [1.165, 1.54) is 6.42 Å². The Hall–Kier alpha value is -1.81. The fourth-order valence-corrected chi connectivity index (χ4v) is 2.57. The van der Waals surface area contributed by atoms with Crippen molar-refractivity contribution >= 4 is 0 Å². The molecule has 1 aromatic carbocycles. The summed E-state index contributed by atoms with van der Waals surface area (Å²) >= 11 is 0. The molecule has 0 bridgehead atoms. The number of rotatable bonds is 4. The lowest BCUT2D eigenvalue weighted by atomic mass is 9.98. The lowest BCUT2D eigenvalue weighted by Gasteiger charge is -2.07. The molecule has 0 spiro atoms. The fourth-order valence-electron chi connectivity index (χ4n) is 2.57. The summed E-state index contributed by atoms with van der Waals surface area (Å²) in [6, 6.07) is 8.01. The Morgan fingerprint density at radius 2 is 2.21 bits per heavy atom. The van der Waals surface area contributed by atoms with Crippen molar-refractivity contribution in [3.63, 3.8) is 0 Å². The first-order valence-corrected chi connectivity index (χ1v) is 6.65. The van der Waals surface area contributed by atoms with E-state index >= 15 is 0 Å². The Bertz CT molecular complexity index is 527. The quantitative estimate of drug-likeness (QED) is 0.915. The zero-order valence-corrected chi connectivity index (χ0v) is 11.1. The minimum Gasteiger partial charge on any atom is -0.497 e. The molecule has 2 aromatic rings. The molecule has 0 saturated carbocycles. The summed E-state index contributed by atoms with van der Waals surface area (Å²) in [4.78, 5) is 0. The molecular weight excluding hydrogens is 240 g/mol. The molecule has 1 aliphatic heterocycles. The lowest BCUT2D eigenvalue weighted by molar-refractivity contribution is 0.364. The highest BCUT2D eigenvalue weighted by atomic mass is 16.5. The topological polar surface area (TPSA) is 47.3 Å². The highest BCUT2D eigenvalue weighted by Gasteiger charge is 2.19. The Labute approximate surface area is 112 Å². The van der Waals surface area contributed by atoms with Crippen molar-refractivity contribution in [2.24, 2.45) is 5.92 Å². The Morgan fingerprint density at radius 1 is 1.37 bits per heavy atom. The largest absolute Gasteiger partial charge is 0.497 e. The number of ether oxygens (including phenoxy) is 1. The van der Waals surface area contributed by atoms with Crippen molar-refractivity contribution in [2.75, 3.05) is 20.2 Å². The van der Waals surface area contributed by atoms with E-state index in [-0.39, 0.29) is 0 Å². The third-order valence-corrected chi connectivity index (χ3v) is 3.68. The molecule has 1 fully saturated rings. The van der Waals surface area contributed by atoms with Crippen LogP contribution in [0.4, 0.5) is 0 Å². The molecule has 2 heterocycles. The van der Waals surface area contributed by atoms with Gasteiger partial charge in [0.15, 0.2) is 0 Å². The fraction of sp³-hybridized carbons (Fsp3) is 0.400.